The Bertz CT molecular complexity index is 743. The fourth-order valence-corrected chi connectivity index (χ4v) is 4.14. The highest BCUT2D eigenvalue weighted by Gasteiger charge is 2.34. The summed E-state index contributed by atoms with van der Waals surface area (Å²) < 4.78 is 5.46. The molecule has 0 spiro atoms. The van der Waals surface area contributed by atoms with Crippen LogP contribution in [0, 0.1) is 19.8 Å². The lowest BCUT2D eigenvalue weighted by atomic mass is 9.95. The van der Waals surface area contributed by atoms with Gasteiger partial charge in [0.05, 0.1) is 25.0 Å². The van der Waals surface area contributed by atoms with Crippen molar-refractivity contribution in [3.8, 4) is 0 Å². The number of carboxylic acids is 1. The van der Waals surface area contributed by atoms with Gasteiger partial charge in [-0.2, -0.15) is 0 Å². The third-order valence-corrected chi connectivity index (χ3v) is 5.38. The summed E-state index contributed by atoms with van der Waals surface area (Å²) in [5, 5.41) is 8.95. The number of carbonyl (C=O) groups is 3. The number of rotatable bonds is 4. The number of morpholine rings is 1. The lowest BCUT2D eigenvalue weighted by Gasteiger charge is -2.38. The van der Waals surface area contributed by atoms with Gasteiger partial charge in [-0.25, -0.2) is 0 Å². The zero-order chi connectivity index (χ0) is 20.3. The average Bonchev–Trinajstić information content (AvgIpc) is 2.66. The van der Waals surface area contributed by atoms with Crippen LogP contribution < -0.4 is 0 Å². The van der Waals surface area contributed by atoms with Crippen LogP contribution >= 0.6 is 0 Å². The first-order chi connectivity index (χ1) is 13.3. The summed E-state index contributed by atoms with van der Waals surface area (Å²) in [7, 11) is 0. The second kappa shape index (κ2) is 8.73. The van der Waals surface area contributed by atoms with E-state index >= 15 is 0 Å². The summed E-state index contributed by atoms with van der Waals surface area (Å²) in [6, 6.07) is 5.81. The van der Waals surface area contributed by atoms with Gasteiger partial charge in [0.1, 0.15) is 0 Å². The molecule has 2 atom stereocenters. The van der Waals surface area contributed by atoms with E-state index in [1.54, 1.807) is 9.80 Å². The Morgan fingerprint density at radius 1 is 1.07 bits per heavy atom. The van der Waals surface area contributed by atoms with Gasteiger partial charge in [0.25, 0.3) is 5.91 Å². The first kappa shape index (κ1) is 20.3. The lowest BCUT2D eigenvalue weighted by molar-refractivity contribution is -0.150. The van der Waals surface area contributed by atoms with Crippen LogP contribution in [0.1, 0.15) is 40.7 Å². The van der Waals surface area contributed by atoms with Crippen molar-refractivity contribution in [2.45, 2.75) is 39.2 Å². The number of hydrogen-bond acceptors (Lipinski definition) is 4. The van der Waals surface area contributed by atoms with Gasteiger partial charge in [-0.1, -0.05) is 17.2 Å². The number of carbonyl (C=O) groups excluding carboxylic acids is 2. The second-order valence-electron chi connectivity index (χ2n) is 7.84. The fourth-order valence-electron chi connectivity index (χ4n) is 4.14. The first-order valence-electron chi connectivity index (χ1n) is 9.83. The molecular formula is C21H28N2O5. The lowest BCUT2D eigenvalue weighted by Crippen LogP contribution is -2.51. The molecule has 2 aliphatic rings. The van der Waals surface area contributed by atoms with E-state index in [0.717, 1.165) is 24.0 Å². The number of aryl methyl sites for hydroxylation is 2. The quantitative estimate of drug-likeness (QED) is 0.851. The topological polar surface area (TPSA) is 87.2 Å². The Labute approximate surface area is 165 Å². The van der Waals surface area contributed by atoms with Gasteiger partial charge in [-0.15, -0.1) is 0 Å². The number of amides is 2. The maximum Gasteiger partial charge on any atom is 0.306 e. The van der Waals surface area contributed by atoms with Gasteiger partial charge < -0.3 is 19.6 Å². The van der Waals surface area contributed by atoms with Gasteiger partial charge in [0, 0.05) is 31.7 Å². The van der Waals surface area contributed by atoms with Crippen molar-refractivity contribution in [1.82, 2.24) is 9.80 Å². The van der Waals surface area contributed by atoms with Crippen LogP contribution in [0.4, 0.5) is 0 Å². The smallest absolute Gasteiger partial charge is 0.306 e. The highest BCUT2D eigenvalue weighted by molar-refractivity contribution is 5.95. The fraction of sp³-hybridized carbons (Fsp3) is 0.571. The molecule has 0 bridgehead atoms. The number of nitrogens with zero attached hydrogens (tertiary/aromatic N) is 2. The molecule has 152 valence electrons. The van der Waals surface area contributed by atoms with Crippen molar-refractivity contribution >= 4 is 17.8 Å². The number of benzene rings is 1. The van der Waals surface area contributed by atoms with E-state index in [1.807, 2.05) is 32.0 Å². The summed E-state index contributed by atoms with van der Waals surface area (Å²) >= 11 is 0. The molecule has 2 fully saturated rings. The number of carboxylic acid groups (broad SMARTS) is 1. The van der Waals surface area contributed by atoms with E-state index < -0.39 is 12.1 Å². The van der Waals surface area contributed by atoms with Gasteiger partial charge >= 0.3 is 5.97 Å². The molecule has 2 heterocycles. The van der Waals surface area contributed by atoms with E-state index in [4.69, 9.17) is 9.84 Å². The van der Waals surface area contributed by atoms with Crippen molar-refractivity contribution in [3.05, 3.63) is 34.9 Å². The molecule has 2 aliphatic heterocycles. The van der Waals surface area contributed by atoms with Crippen LogP contribution in [0.2, 0.25) is 0 Å². The molecule has 2 saturated heterocycles. The van der Waals surface area contributed by atoms with E-state index in [-0.39, 0.29) is 24.2 Å². The van der Waals surface area contributed by atoms with Crippen LogP contribution in [0.3, 0.4) is 0 Å². The molecule has 1 aromatic rings. The molecule has 3 rings (SSSR count). The predicted octanol–water partition coefficient (Wildman–Crippen LogP) is 1.86. The Morgan fingerprint density at radius 2 is 1.79 bits per heavy atom. The van der Waals surface area contributed by atoms with Crippen molar-refractivity contribution in [2.75, 3.05) is 32.8 Å². The molecule has 0 saturated carbocycles. The van der Waals surface area contributed by atoms with E-state index in [2.05, 4.69) is 0 Å². The van der Waals surface area contributed by atoms with Gasteiger partial charge in [-0.3, -0.25) is 14.4 Å². The molecule has 28 heavy (non-hydrogen) atoms. The number of piperidine rings is 1. The normalized spacial score (nSPS) is 22.8. The monoisotopic (exact) mass is 388 g/mol. The zero-order valence-corrected chi connectivity index (χ0v) is 16.5. The van der Waals surface area contributed by atoms with E-state index in [1.165, 1.54) is 0 Å². The van der Waals surface area contributed by atoms with Crippen LogP contribution in [-0.4, -0.2) is 71.6 Å². The Morgan fingerprint density at radius 3 is 2.46 bits per heavy atom. The average molecular weight is 388 g/mol. The minimum atomic E-state index is -0.929. The molecule has 0 aromatic heterocycles. The second-order valence-corrected chi connectivity index (χ2v) is 7.84. The maximum atomic E-state index is 13.0. The molecular weight excluding hydrogens is 360 g/mol. The molecule has 0 aliphatic carbocycles. The van der Waals surface area contributed by atoms with Crippen molar-refractivity contribution < 1.29 is 24.2 Å². The SMILES string of the molecule is Cc1cc(C)cc(C(=O)N2CCCC(C(=O)N3CCOC(CC(=O)O)C3)C2)c1. The van der Waals surface area contributed by atoms with Gasteiger partial charge in [-0.05, 0) is 38.8 Å². The standard InChI is InChI=1S/C21H28N2O5/c1-14-8-15(2)10-17(9-14)21(27)22-5-3-4-16(12-22)20(26)23-6-7-28-18(13-23)11-19(24)25/h8-10,16,18H,3-7,11-13H2,1-2H3,(H,24,25). The number of hydrogen-bond donors (Lipinski definition) is 1. The number of aliphatic carboxylic acids is 1. The number of ether oxygens (including phenoxy) is 1. The Kier molecular flexibility index (Phi) is 6.34. The summed E-state index contributed by atoms with van der Waals surface area (Å²) in [4.78, 5) is 40.3. The summed E-state index contributed by atoms with van der Waals surface area (Å²) in [5.74, 6) is -1.21. The largest absolute Gasteiger partial charge is 0.481 e. The molecule has 1 aromatic carbocycles. The van der Waals surface area contributed by atoms with E-state index in [9.17, 15) is 14.4 Å². The van der Waals surface area contributed by atoms with E-state index in [0.29, 0.717) is 38.3 Å². The summed E-state index contributed by atoms with van der Waals surface area (Å²) in [6.45, 7) is 6.12. The predicted molar refractivity (Wildman–Crippen MR) is 103 cm³/mol. The first-order valence-corrected chi connectivity index (χ1v) is 9.83. The van der Waals surface area contributed by atoms with Gasteiger partial charge in [0.2, 0.25) is 5.91 Å². The summed E-state index contributed by atoms with van der Waals surface area (Å²) in [6.07, 6.45) is 0.963. The highest BCUT2D eigenvalue weighted by atomic mass is 16.5. The molecule has 0 radical (unpaired) electrons. The van der Waals surface area contributed by atoms with Crippen LogP contribution in [0.25, 0.3) is 0 Å². The minimum absolute atomic E-state index is 0.00314. The van der Waals surface area contributed by atoms with Crippen LogP contribution in [0.5, 0.6) is 0 Å². The molecule has 7 nitrogen and oxygen atoms in total. The third kappa shape index (κ3) is 4.90. The Hall–Kier alpha value is -2.41. The molecule has 1 N–H and O–H groups in total. The van der Waals surface area contributed by atoms with Crippen LogP contribution in [-0.2, 0) is 14.3 Å². The molecule has 7 heteroatoms. The zero-order valence-electron chi connectivity index (χ0n) is 16.5. The summed E-state index contributed by atoms with van der Waals surface area (Å²) in [5.41, 5.74) is 2.76. The van der Waals surface area contributed by atoms with Crippen molar-refractivity contribution in [3.63, 3.8) is 0 Å². The van der Waals surface area contributed by atoms with Crippen molar-refractivity contribution in [2.24, 2.45) is 5.92 Å². The molecule has 2 amide bonds. The number of likely N-dealkylation sites (tertiary alicyclic amines) is 1. The Balaban J connectivity index is 1.64. The third-order valence-electron chi connectivity index (χ3n) is 5.38. The highest BCUT2D eigenvalue weighted by Crippen LogP contribution is 2.23. The maximum absolute atomic E-state index is 13.0. The van der Waals surface area contributed by atoms with Crippen molar-refractivity contribution in [1.29, 1.82) is 0 Å². The minimum Gasteiger partial charge on any atom is -0.481 e. The van der Waals surface area contributed by atoms with Crippen LogP contribution in [0.15, 0.2) is 18.2 Å². The van der Waals surface area contributed by atoms with Gasteiger partial charge in [0.15, 0.2) is 0 Å². The molecule has 2 unspecified atom stereocenters.